The van der Waals surface area contributed by atoms with Gasteiger partial charge in [-0.25, -0.2) is 0 Å². The maximum atomic E-state index is 12.1. The van der Waals surface area contributed by atoms with Gasteiger partial charge in [0.2, 0.25) is 0 Å². The predicted molar refractivity (Wildman–Crippen MR) is 75.6 cm³/mol. The van der Waals surface area contributed by atoms with Gasteiger partial charge in [-0.05, 0) is 42.3 Å². The highest BCUT2D eigenvalue weighted by molar-refractivity contribution is 6.04. The van der Waals surface area contributed by atoms with Crippen LogP contribution in [0.15, 0.2) is 42.7 Å². The zero-order chi connectivity index (χ0) is 13.2. The van der Waals surface area contributed by atoms with Gasteiger partial charge in [0.15, 0.2) is 0 Å². The molecule has 1 aliphatic rings. The normalized spacial score (nSPS) is 13.2. The van der Waals surface area contributed by atoms with Crippen LogP contribution in [-0.2, 0) is 6.42 Å². The molecular formula is C15H15N3O. The first kappa shape index (κ1) is 11.7. The van der Waals surface area contributed by atoms with Crippen LogP contribution in [0.4, 0.5) is 11.4 Å². The molecule has 0 saturated heterocycles. The lowest BCUT2D eigenvalue weighted by Crippen LogP contribution is -2.13. The van der Waals surface area contributed by atoms with Crippen LogP contribution in [-0.4, -0.2) is 24.5 Å². The molecule has 0 atom stereocenters. The lowest BCUT2D eigenvalue weighted by Gasteiger charge is -2.12. The van der Waals surface area contributed by atoms with Crippen LogP contribution in [0, 0.1) is 0 Å². The molecule has 0 saturated carbocycles. The summed E-state index contributed by atoms with van der Waals surface area (Å²) in [5, 5.41) is 2.85. The van der Waals surface area contributed by atoms with Crippen molar-refractivity contribution < 1.29 is 4.79 Å². The lowest BCUT2D eigenvalue weighted by atomic mass is 10.1. The minimum Gasteiger partial charge on any atom is -0.374 e. The first-order chi connectivity index (χ1) is 9.24. The standard InChI is InChI=1S/C15H15N3O/c1-18-8-6-11-9-12(4-5-14(11)18)15(19)17-13-3-2-7-16-10-13/h2-5,7,9-10H,6,8H2,1H3,(H,17,19). The Morgan fingerprint density at radius 2 is 2.26 bits per heavy atom. The number of pyridine rings is 1. The van der Waals surface area contributed by atoms with Crippen molar-refractivity contribution in [3.05, 3.63) is 53.9 Å². The van der Waals surface area contributed by atoms with E-state index in [-0.39, 0.29) is 5.91 Å². The summed E-state index contributed by atoms with van der Waals surface area (Å²) in [6, 6.07) is 9.48. The summed E-state index contributed by atoms with van der Waals surface area (Å²) in [6.07, 6.45) is 4.32. The van der Waals surface area contributed by atoms with E-state index in [1.807, 2.05) is 24.3 Å². The summed E-state index contributed by atoms with van der Waals surface area (Å²) in [4.78, 5) is 18.3. The number of nitrogens with zero attached hydrogens (tertiary/aromatic N) is 2. The highest BCUT2D eigenvalue weighted by atomic mass is 16.1. The van der Waals surface area contributed by atoms with Crippen LogP contribution in [0.25, 0.3) is 0 Å². The van der Waals surface area contributed by atoms with Gasteiger partial charge < -0.3 is 10.2 Å². The minimum absolute atomic E-state index is 0.0923. The molecule has 3 rings (SSSR count). The number of aromatic nitrogens is 1. The van der Waals surface area contributed by atoms with Crippen LogP contribution >= 0.6 is 0 Å². The molecule has 96 valence electrons. The second-order valence-electron chi connectivity index (χ2n) is 4.71. The smallest absolute Gasteiger partial charge is 0.255 e. The summed E-state index contributed by atoms with van der Waals surface area (Å²) in [7, 11) is 2.07. The molecule has 19 heavy (non-hydrogen) atoms. The third kappa shape index (κ3) is 2.29. The quantitative estimate of drug-likeness (QED) is 0.893. The zero-order valence-corrected chi connectivity index (χ0v) is 10.8. The average Bonchev–Trinajstić information content (AvgIpc) is 2.81. The number of carbonyl (C=O) groups is 1. The third-order valence-corrected chi connectivity index (χ3v) is 3.39. The van der Waals surface area contributed by atoms with E-state index in [1.54, 1.807) is 18.5 Å². The summed E-state index contributed by atoms with van der Waals surface area (Å²) in [5.74, 6) is -0.0923. The van der Waals surface area contributed by atoms with E-state index in [0.717, 1.165) is 13.0 Å². The van der Waals surface area contributed by atoms with E-state index in [9.17, 15) is 4.79 Å². The van der Waals surface area contributed by atoms with E-state index >= 15 is 0 Å². The molecule has 0 bridgehead atoms. The SMILES string of the molecule is CN1CCc2cc(C(=O)Nc3cccnc3)ccc21. The van der Waals surface area contributed by atoms with E-state index in [1.165, 1.54) is 11.3 Å². The van der Waals surface area contributed by atoms with Gasteiger partial charge in [-0.1, -0.05) is 0 Å². The molecule has 1 aromatic carbocycles. The van der Waals surface area contributed by atoms with Crippen molar-refractivity contribution >= 4 is 17.3 Å². The van der Waals surface area contributed by atoms with Gasteiger partial charge in [0, 0.05) is 31.0 Å². The lowest BCUT2D eigenvalue weighted by molar-refractivity contribution is 0.102. The number of fused-ring (bicyclic) bond motifs is 1. The van der Waals surface area contributed by atoms with Crippen molar-refractivity contribution in [1.29, 1.82) is 0 Å². The number of amides is 1. The monoisotopic (exact) mass is 253 g/mol. The molecule has 2 aromatic rings. The molecule has 4 heteroatoms. The molecule has 1 N–H and O–H groups in total. The Hall–Kier alpha value is -2.36. The molecule has 1 aromatic heterocycles. The van der Waals surface area contributed by atoms with Crippen LogP contribution in [0.2, 0.25) is 0 Å². The topological polar surface area (TPSA) is 45.2 Å². The highest BCUT2D eigenvalue weighted by Gasteiger charge is 2.17. The maximum Gasteiger partial charge on any atom is 0.255 e. The summed E-state index contributed by atoms with van der Waals surface area (Å²) in [5.41, 5.74) is 3.86. The second-order valence-corrected chi connectivity index (χ2v) is 4.71. The summed E-state index contributed by atoms with van der Waals surface area (Å²) >= 11 is 0. The number of rotatable bonds is 2. The predicted octanol–water partition coefficient (Wildman–Crippen LogP) is 2.33. The Labute approximate surface area is 112 Å². The van der Waals surface area contributed by atoms with Crippen molar-refractivity contribution in [3.8, 4) is 0 Å². The Balaban J connectivity index is 1.81. The van der Waals surface area contributed by atoms with Crippen molar-refractivity contribution in [3.63, 3.8) is 0 Å². The Kier molecular flexibility index (Phi) is 2.91. The van der Waals surface area contributed by atoms with Crippen LogP contribution in [0.5, 0.6) is 0 Å². The first-order valence-corrected chi connectivity index (χ1v) is 6.29. The van der Waals surface area contributed by atoms with Gasteiger partial charge in [-0.15, -0.1) is 0 Å². The molecule has 0 unspecified atom stereocenters. The van der Waals surface area contributed by atoms with Gasteiger partial charge in [0.25, 0.3) is 5.91 Å². The van der Waals surface area contributed by atoms with Crippen molar-refractivity contribution in [2.24, 2.45) is 0 Å². The molecule has 0 radical (unpaired) electrons. The first-order valence-electron chi connectivity index (χ1n) is 6.29. The molecule has 0 aliphatic carbocycles. The van der Waals surface area contributed by atoms with Crippen LogP contribution in [0.3, 0.4) is 0 Å². The Morgan fingerprint density at radius 1 is 1.37 bits per heavy atom. The van der Waals surface area contributed by atoms with Crippen molar-refractivity contribution in [2.45, 2.75) is 6.42 Å². The fourth-order valence-electron chi connectivity index (χ4n) is 2.35. The second kappa shape index (κ2) is 4.72. The molecular weight excluding hydrogens is 238 g/mol. The number of nitrogens with one attached hydrogen (secondary N) is 1. The van der Waals surface area contributed by atoms with Crippen LogP contribution < -0.4 is 10.2 Å². The fraction of sp³-hybridized carbons (Fsp3) is 0.200. The zero-order valence-electron chi connectivity index (χ0n) is 10.8. The molecule has 0 spiro atoms. The van der Waals surface area contributed by atoms with E-state index in [0.29, 0.717) is 11.3 Å². The molecule has 4 nitrogen and oxygen atoms in total. The highest BCUT2D eigenvalue weighted by Crippen LogP contribution is 2.27. The fourth-order valence-corrected chi connectivity index (χ4v) is 2.35. The average molecular weight is 253 g/mol. The van der Waals surface area contributed by atoms with Gasteiger partial charge in [-0.2, -0.15) is 0 Å². The van der Waals surface area contributed by atoms with Gasteiger partial charge >= 0.3 is 0 Å². The van der Waals surface area contributed by atoms with E-state index in [2.05, 4.69) is 22.2 Å². The maximum absolute atomic E-state index is 12.1. The van der Waals surface area contributed by atoms with Gasteiger partial charge in [-0.3, -0.25) is 9.78 Å². The van der Waals surface area contributed by atoms with Gasteiger partial charge in [0.1, 0.15) is 0 Å². The Bertz CT molecular complexity index is 610. The molecule has 1 amide bonds. The number of carbonyl (C=O) groups excluding carboxylic acids is 1. The van der Waals surface area contributed by atoms with Crippen molar-refractivity contribution in [2.75, 3.05) is 23.8 Å². The van der Waals surface area contributed by atoms with Crippen molar-refractivity contribution in [1.82, 2.24) is 4.98 Å². The summed E-state index contributed by atoms with van der Waals surface area (Å²) in [6.45, 7) is 1.02. The third-order valence-electron chi connectivity index (χ3n) is 3.39. The number of anilines is 2. The van der Waals surface area contributed by atoms with Crippen LogP contribution in [0.1, 0.15) is 15.9 Å². The molecule has 2 heterocycles. The Morgan fingerprint density at radius 3 is 3.05 bits per heavy atom. The number of benzene rings is 1. The number of likely N-dealkylation sites (N-methyl/N-ethyl adjacent to an activating group) is 1. The largest absolute Gasteiger partial charge is 0.374 e. The van der Waals surface area contributed by atoms with E-state index < -0.39 is 0 Å². The molecule has 1 aliphatic heterocycles. The number of hydrogen-bond donors (Lipinski definition) is 1. The molecule has 0 fully saturated rings. The minimum atomic E-state index is -0.0923. The summed E-state index contributed by atoms with van der Waals surface area (Å²) < 4.78 is 0. The van der Waals surface area contributed by atoms with Gasteiger partial charge in [0.05, 0.1) is 11.9 Å². The van der Waals surface area contributed by atoms with E-state index in [4.69, 9.17) is 0 Å². The number of hydrogen-bond acceptors (Lipinski definition) is 3.